The molecule has 1 aromatic heterocycles. The summed E-state index contributed by atoms with van der Waals surface area (Å²) in [5, 5.41) is 11.6. The molecule has 4 nitrogen and oxygen atoms in total. The van der Waals surface area contributed by atoms with E-state index in [2.05, 4.69) is 5.32 Å². The first-order valence-electron chi connectivity index (χ1n) is 6.15. The van der Waals surface area contributed by atoms with E-state index in [9.17, 15) is 23.1 Å². The van der Waals surface area contributed by atoms with E-state index in [1.807, 2.05) is 0 Å². The molecule has 2 rings (SSSR count). The van der Waals surface area contributed by atoms with Crippen molar-refractivity contribution in [1.29, 1.82) is 0 Å². The van der Waals surface area contributed by atoms with Crippen LogP contribution >= 0.6 is 11.6 Å². The highest BCUT2D eigenvalue weighted by atomic mass is 35.5. The summed E-state index contributed by atoms with van der Waals surface area (Å²) < 4.78 is 40.0. The molecule has 0 bridgehead atoms. The summed E-state index contributed by atoms with van der Waals surface area (Å²) in [7, 11) is 1.31. The molecule has 0 saturated carbocycles. The maximum atomic E-state index is 13.0. The Bertz CT molecular complexity index is 738. The number of amides is 1. The molecule has 0 saturated heterocycles. The van der Waals surface area contributed by atoms with Gasteiger partial charge in [0.2, 0.25) is 0 Å². The Balaban J connectivity index is 2.44. The Kier molecular flexibility index (Phi) is 4.10. The monoisotopic (exact) mass is 332 g/mol. The second kappa shape index (κ2) is 5.57. The van der Waals surface area contributed by atoms with Gasteiger partial charge in [0.1, 0.15) is 10.9 Å². The fraction of sp³-hybridized carbons (Fsp3) is 0.214. The molecule has 0 atom stereocenters. The number of hydrogen-bond acceptors (Lipinski definition) is 2. The molecule has 0 aliphatic heterocycles. The van der Waals surface area contributed by atoms with E-state index in [1.54, 1.807) is 0 Å². The average Bonchev–Trinajstić information content (AvgIpc) is 2.71. The highest BCUT2D eigenvalue weighted by Crippen LogP contribution is 2.37. The Morgan fingerprint density at radius 3 is 2.59 bits per heavy atom. The molecular weight excluding hydrogens is 321 g/mol. The number of carbonyl (C=O) groups excluding carboxylic acids is 1. The van der Waals surface area contributed by atoms with Crippen LogP contribution in [-0.2, 0) is 13.2 Å². The van der Waals surface area contributed by atoms with Gasteiger partial charge in [-0.3, -0.25) is 4.79 Å². The smallest absolute Gasteiger partial charge is 0.418 e. The van der Waals surface area contributed by atoms with Crippen molar-refractivity contribution in [3.63, 3.8) is 0 Å². The normalized spacial score (nSPS) is 11.5. The average molecular weight is 333 g/mol. The summed E-state index contributed by atoms with van der Waals surface area (Å²) in [5.74, 6) is -1.07. The fourth-order valence-corrected chi connectivity index (χ4v) is 2.21. The van der Waals surface area contributed by atoms with Gasteiger partial charge in [-0.15, -0.1) is 0 Å². The zero-order valence-electron chi connectivity index (χ0n) is 11.6. The lowest BCUT2D eigenvalue weighted by molar-refractivity contribution is -0.137. The van der Waals surface area contributed by atoms with Crippen molar-refractivity contribution in [3.05, 3.63) is 46.2 Å². The van der Waals surface area contributed by atoms with Gasteiger partial charge in [-0.05, 0) is 19.1 Å². The number of hydrogen-bond donors (Lipinski definition) is 2. The Labute approximate surface area is 129 Å². The van der Waals surface area contributed by atoms with Gasteiger partial charge in [0.25, 0.3) is 5.91 Å². The number of rotatable bonds is 2. The third kappa shape index (κ3) is 2.89. The number of nitrogens with one attached hydrogen (secondary N) is 1. The van der Waals surface area contributed by atoms with Crippen LogP contribution in [0.5, 0.6) is 5.75 Å². The number of carbonyl (C=O) groups is 1. The second-order valence-corrected chi connectivity index (χ2v) is 5.08. The maximum absolute atomic E-state index is 13.0. The molecule has 1 heterocycles. The van der Waals surface area contributed by atoms with Gasteiger partial charge in [-0.1, -0.05) is 17.7 Å². The number of nitrogens with zero attached hydrogens (tertiary/aromatic N) is 1. The van der Waals surface area contributed by atoms with Crippen LogP contribution in [0.3, 0.4) is 0 Å². The number of aromatic nitrogens is 1. The number of aryl methyl sites for hydroxylation is 1. The van der Waals surface area contributed by atoms with Gasteiger partial charge in [-0.2, -0.15) is 13.2 Å². The predicted octanol–water partition coefficient (Wildman–Crippen LogP) is 3.96. The molecule has 22 heavy (non-hydrogen) atoms. The second-order valence-electron chi connectivity index (χ2n) is 4.72. The van der Waals surface area contributed by atoms with Gasteiger partial charge in [0.15, 0.2) is 0 Å². The van der Waals surface area contributed by atoms with Crippen LogP contribution in [0.25, 0.3) is 0 Å². The molecule has 2 N–H and O–H groups in total. The Morgan fingerprint density at radius 1 is 1.36 bits per heavy atom. The number of phenols is 1. The number of anilines is 1. The lowest BCUT2D eigenvalue weighted by atomic mass is 10.1. The van der Waals surface area contributed by atoms with Crippen LogP contribution in [0.15, 0.2) is 24.4 Å². The minimum atomic E-state index is -4.70. The van der Waals surface area contributed by atoms with Crippen LogP contribution in [0.2, 0.25) is 5.15 Å². The van der Waals surface area contributed by atoms with Crippen molar-refractivity contribution >= 4 is 23.2 Å². The standard InChI is InChI=1S/C14H12ClF3N2O2/c1-7-9(4-3-5-10(7)21)19-13(22)11-8(14(16,17)18)6-20(2)12(11)15/h3-6,21H,1-2H3,(H,19,22). The molecule has 1 aromatic carbocycles. The van der Waals surface area contributed by atoms with Crippen LogP contribution in [-0.4, -0.2) is 15.6 Å². The number of halogens is 4. The highest BCUT2D eigenvalue weighted by molar-refractivity contribution is 6.34. The maximum Gasteiger partial charge on any atom is 0.418 e. The molecular formula is C14H12ClF3N2O2. The van der Waals surface area contributed by atoms with Crippen molar-refractivity contribution in [2.45, 2.75) is 13.1 Å². The van der Waals surface area contributed by atoms with Crippen molar-refractivity contribution in [3.8, 4) is 5.75 Å². The molecule has 0 unspecified atom stereocenters. The van der Waals surface area contributed by atoms with E-state index in [0.717, 1.165) is 10.8 Å². The zero-order chi connectivity index (χ0) is 16.7. The molecule has 8 heteroatoms. The van der Waals surface area contributed by atoms with E-state index < -0.39 is 23.2 Å². The summed E-state index contributed by atoms with van der Waals surface area (Å²) in [6, 6.07) is 4.34. The number of alkyl halides is 3. The van der Waals surface area contributed by atoms with Gasteiger partial charge in [0.05, 0.1) is 11.1 Å². The van der Waals surface area contributed by atoms with Gasteiger partial charge in [0, 0.05) is 24.5 Å². The third-order valence-corrected chi connectivity index (χ3v) is 3.65. The Hall–Kier alpha value is -2.15. The lowest BCUT2D eigenvalue weighted by Crippen LogP contribution is -2.18. The molecule has 118 valence electrons. The molecule has 1 amide bonds. The van der Waals surface area contributed by atoms with Gasteiger partial charge >= 0.3 is 6.18 Å². The molecule has 0 aliphatic rings. The van der Waals surface area contributed by atoms with Crippen LogP contribution < -0.4 is 5.32 Å². The minimum absolute atomic E-state index is 0.0759. The van der Waals surface area contributed by atoms with Gasteiger partial charge < -0.3 is 15.0 Å². The number of aromatic hydroxyl groups is 1. The summed E-state index contributed by atoms with van der Waals surface area (Å²) in [6.07, 6.45) is -3.95. The first-order chi connectivity index (χ1) is 10.1. The molecule has 0 aliphatic carbocycles. The first-order valence-corrected chi connectivity index (χ1v) is 6.52. The van der Waals surface area contributed by atoms with Crippen LogP contribution in [0.1, 0.15) is 21.5 Å². The summed E-state index contributed by atoms with van der Waals surface area (Å²) in [4.78, 5) is 12.2. The summed E-state index contributed by atoms with van der Waals surface area (Å²) in [6.45, 7) is 1.53. The molecule has 0 spiro atoms. The van der Waals surface area contributed by atoms with E-state index in [1.165, 1.54) is 32.2 Å². The van der Waals surface area contributed by atoms with E-state index in [0.29, 0.717) is 5.56 Å². The van der Waals surface area contributed by atoms with E-state index in [-0.39, 0.29) is 16.6 Å². The van der Waals surface area contributed by atoms with Crippen molar-refractivity contribution < 1.29 is 23.1 Å². The fourth-order valence-electron chi connectivity index (χ4n) is 1.98. The highest BCUT2D eigenvalue weighted by Gasteiger charge is 2.38. The molecule has 2 aromatic rings. The SMILES string of the molecule is Cc1c(O)cccc1NC(=O)c1c(C(F)(F)F)cn(C)c1Cl. The summed E-state index contributed by atoms with van der Waals surface area (Å²) in [5.41, 5.74) is -1.22. The quantitative estimate of drug-likeness (QED) is 0.874. The lowest BCUT2D eigenvalue weighted by Gasteiger charge is -2.11. The van der Waals surface area contributed by atoms with Crippen molar-refractivity contribution in [1.82, 2.24) is 4.57 Å². The predicted molar refractivity (Wildman–Crippen MR) is 76.2 cm³/mol. The van der Waals surface area contributed by atoms with Crippen molar-refractivity contribution in [2.75, 3.05) is 5.32 Å². The van der Waals surface area contributed by atoms with Gasteiger partial charge in [-0.25, -0.2) is 0 Å². The van der Waals surface area contributed by atoms with E-state index in [4.69, 9.17) is 11.6 Å². The third-order valence-electron chi connectivity index (χ3n) is 3.19. The molecule has 0 fully saturated rings. The summed E-state index contributed by atoms with van der Waals surface area (Å²) >= 11 is 5.80. The largest absolute Gasteiger partial charge is 0.508 e. The van der Waals surface area contributed by atoms with Crippen LogP contribution in [0.4, 0.5) is 18.9 Å². The topological polar surface area (TPSA) is 54.3 Å². The van der Waals surface area contributed by atoms with Crippen molar-refractivity contribution in [2.24, 2.45) is 7.05 Å². The minimum Gasteiger partial charge on any atom is -0.508 e. The first kappa shape index (κ1) is 16.2. The van der Waals surface area contributed by atoms with E-state index >= 15 is 0 Å². The molecule has 0 radical (unpaired) electrons. The Morgan fingerprint density at radius 2 is 2.00 bits per heavy atom. The number of benzene rings is 1. The van der Waals surface area contributed by atoms with Crippen LogP contribution in [0, 0.1) is 6.92 Å². The zero-order valence-corrected chi connectivity index (χ0v) is 12.4. The number of phenolic OH excluding ortho intramolecular Hbond substituents is 1.